The molecule has 1 aromatic carbocycles. The zero-order valence-electron chi connectivity index (χ0n) is 10.2. The molecule has 0 radical (unpaired) electrons. The molecule has 0 spiro atoms. The van der Waals surface area contributed by atoms with Gasteiger partial charge in [-0.25, -0.2) is 4.68 Å². The molecule has 0 unspecified atom stereocenters. The van der Waals surface area contributed by atoms with Crippen LogP contribution in [0.1, 0.15) is 18.9 Å². The summed E-state index contributed by atoms with van der Waals surface area (Å²) in [6.45, 7) is 4.64. The lowest BCUT2D eigenvalue weighted by atomic mass is 10.3. The van der Waals surface area contributed by atoms with Gasteiger partial charge in [-0.15, -0.1) is 5.10 Å². The molecule has 0 aliphatic rings. The molecule has 0 saturated carbocycles. The fourth-order valence-electron chi connectivity index (χ4n) is 1.59. The van der Waals surface area contributed by atoms with E-state index in [1.807, 2.05) is 37.3 Å². The summed E-state index contributed by atoms with van der Waals surface area (Å²) >= 11 is 0. The molecule has 4 nitrogen and oxygen atoms in total. The summed E-state index contributed by atoms with van der Waals surface area (Å²) in [4.78, 5) is 0. The van der Waals surface area contributed by atoms with E-state index in [0.29, 0.717) is 18.3 Å². The number of para-hydroxylation sites is 1. The summed E-state index contributed by atoms with van der Waals surface area (Å²) in [6.07, 6.45) is 0.956. The molecular formula is C13H17N3O. The van der Waals surface area contributed by atoms with E-state index in [0.717, 1.165) is 17.7 Å². The molecule has 0 aliphatic carbocycles. The van der Waals surface area contributed by atoms with Crippen molar-refractivity contribution in [3.63, 3.8) is 0 Å². The normalized spacial score (nSPS) is 10.5. The number of hydrogen-bond acceptors (Lipinski definition) is 3. The highest BCUT2D eigenvalue weighted by atomic mass is 16.5. The fraction of sp³-hybridized carbons (Fsp3) is 0.308. The van der Waals surface area contributed by atoms with Gasteiger partial charge in [0.05, 0.1) is 17.9 Å². The number of hydrogen-bond donors (Lipinski definition) is 1. The van der Waals surface area contributed by atoms with E-state index in [4.69, 9.17) is 10.5 Å². The van der Waals surface area contributed by atoms with Gasteiger partial charge in [0.1, 0.15) is 5.82 Å². The van der Waals surface area contributed by atoms with Gasteiger partial charge in [-0.3, -0.25) is 0 Å². The van der Waals surface area contributed by atoms with Crippen LogP contribution >= 0.6 is 0 Å². The lowest BCUT2D eigenvalue weighted by Crippen LogP contribution is -2.02. The van der Waals surface area contributed by atoms with Gasteiger partial charge < -0.3 is 10.5 Å². The summed E-state index contributed by atoms with van der Waals surface area (Å²) in [5.41, 5.74) is 7.86. The van der Waals surface area contributed by atoms with Crippen LogP contribution in [-0.4, -0.2) is 16.4 Å². The van der Waals surface area contributed by atoms with Crippen molar-refractivity contribution >= 4 is 5.82 Å². The second-order valence-electron chi connectivity index (χ2n) is 3.91. The second kappa shape index (κ2) is 4.91. The van der Waals surface area contributed by atoms with Crippen LogP contribution in [0, 0.1) is 6.92 Å². The number of ether oxygens (including phenoxy) is 1. The third-order valence-corrected chi connectivity index (χ3v) is 2.57. The van der Waals surface area contributed by atoms with Crippen molar-refractivity contribution in [3.05, 3.63) is 35.9 Å². The maximum absolute atomic E-state index is 6.03. The minimum atomic E-state index is 0.619. The first-order valence-corrected chi connectivity index (χ1v) is 5.77. The van der Waals surface area contributed by atoms with E-state index in [1.165, 1.54) is 0 Å². The highest BCUT2D eigenvalue weighted by Gasteiger charge is 2.13. The Hall–Kier alpha value is -1.97. The molecule has 2 N–H and O–H groups in total. The van der Waals surface area contributed by atoms with Gasteiger partial charge in [-0.05, 0) is 25.5 Å². The van der Waals surface area contributed by atoms with E-state index >= 15 is 0 Å². The average Bonchev–Trinajstić information content (AvgIpc) is 2.65. The van der Waals surface area contributed by atoms with Gasteiger partial charge in [0, 0.05) is 0 Å². The third kappa shape index (κ3) is 2.25. The van der Waals surface area contributed by atoms with Gasteiger partial charge in [0.2, 0.25) is 5.88 Å². The zero-order valence-corrected chi connectivity index (χ0v) is 10.2. The quantitative estimate of drug-likeness (QED) is 0.879. The van der Waals surface area contributed by atoms with E-state index in [2.05, 4.69) is 12.0 Å². The van der Waals surface area contributed by atoms with Gasteiger partial charge in [-0.1, -0.05) is 25.1 Å². The highest BCUT2D eigenvalue weighted by Crippen LogP contribution is 2.25. The van der Waals surface area contributed by atoms with Crippen LogP contribution in [0.5, 0.6) is 5.88 Å². The molecule has 90 valence electrons. The number of anilines is 1. The van der Waals surface area contributed by atoms with Crippen molar-refractivity contribution in [2.24, 2.45) is 0 Å². The molecule has 0 saturated heterocycles. The molecule has 0 aliphatic heterocycles. The van der Waals surface area contributed by atoms with Gasteiger partial charge in [-0.2, -0.15) is 0 Å². The summed E-state index contributed by atoms with van der Waals surface area (Å²) in [5.74, 6) is 1.25. The van der Waals surface area contributed by atoms with E-state index in [9.17, 15) is 0 Å². The molecule has 4 heteroatoms. The number of nitrogen functional groups attached to an aromatic ring is 1. The molecule has 17 heavy (non-hydrogen) atoms. The van der Waals surface area contributed by atoms with Crippen LogP contribution in [0.4, 0.5) is 5.82 Å². The van der Waals surface area contributed by atoms with Crippen molar-refractivity contribution in [3.8, 4) is 11.6 Å². The Labute approximate surface area is 101 Å². The van der Waals surface area contributed by atoms with Gasteiger partial charge in [0.15, 0.2) is 0 Å². The SMILES string of the molecule is CCCOc1nn(-c2ccccc2)c(N)c1C. The largest absolute Gasteiger partial charge is 0.476 e. The van der Waals surface area contributed by atoms with Crippen LogP contribution in [0.2, 0.25) is 0 Å². The van der Waals surface area contributed by atoms with Crippen molar-refractivity contribution in [2.45, 2.75) is 20.3 Å². The standard InChI is InChI=1S/C13H17N3O/c1-3-9-17-13-10(2)12(14)16(15-13)11-7-5-4-6-8-11/h4-8H,3,9,14H2,1-2H3. The first kappa shape index (κ1) is 11.5. The maximum Gasteiger partial charge on any atom is 0.238 e. The van der Waals surface area contributed by atoms with Crippen molar-refractivity contribution < 1.29 is 4.74 Å². The third-order valence-electron chi connectivity index (χ3n) is 2.57. The Morgan fingerprint density at radius 3 is 2.65 bits per heavy atom. The summed E-state index contributed by atoms with van der Waals surface area (Å²) in [5, 5.41) is 4.39. The summed E-state index contributed by atoms with van der Waals surface area (Å²) in [7, 11) is 0. The lowest BCUT2D eigenvalue weighted by molar-refractivity contribution is 0.301. The van der Waals surface area contributed by atoms with Crippen molar-refractivity contribution in [1.82, 2.24) is 9.78 Å². The Balaban J connectivity index is 2.36. The molecule has 0 atom stereocenters. The minimum Gasteiger partial charge on any atom is -0.476 e. The van der Waals surface area contributed by atoms with E-state index in [1.54, 1.807) is 4.68 Å². The van der Waals surface area contributed by atoms with Crippen LogP contribution in [0.25, 0.3) is 5.69 Å². The summed E-state index contributed by atoms with van der Waals surface area (Å²) in [6, 6.07) is 9.81. The molecule has 2 aromatic rings. The molecule has 0 amide bonds. The van der Waals surface area contributed by atoms with Gasteiger partial charge >= 0.3 is 0 Å². The topological polar surface area (TPSA) is 53.1 Å². The molecule has 0 bridgehead atoms. The van der Waals surface area contributed by atoms with Crippen LogP contribution in [0.15, 0.2) is 30.3 Å². The second-order valence-corrected chi connectivity index (χ2v) is 3.91. The monoisotopic (exact) mass is 231 g/mol. The number of aromatic nitrogens is 2. The Kier molecular flexibility index (Phi) is 3.32. The van der Waals surface area contributed by atoms with Crippen molar-refractivity contribution in [1.29, 1.82) is 0 Å². The Morgan fingerprint density at radius 1 is 1.29 bits per heavy atom. The van der Waals surface area contributed by atoms with Crippen LogP contribution in [-0.2, 0) is 0 Å². The number of benzene rings is 1. The first-order chi connectivity index (χ1) is 8.24. The molecule has 0 fully saturated rings. The Bertz CT molecular complexity index is 491. The lowest BCUT2D eigenvalue weighted by Gasteiger charge is -2.02. The predicted octanol–water partition coefficient (Wildman–Crippen LogP) is 2.55. The number of rotatable bonds is 4. The summed E-state index contributed by atoms with van der Waals surface area (Å²) < 4.78 is 7.27. The van der Waals surface area contributed by atoms with Crippen LogP contribution < -0.4 is 10.5 Å². The molecule has 2 rings (SSSR count). The van der Waals surface area contributed by atoms with Gasteiger partial charge in [0.25, 0.3) is 0 Å². The van der Waals surface area contributed by atoms with E-state index < -0.39 is 0 Å². The minimum absolute atomic E-state index is 0.619. The fourth-order valence-corrected chi connectivity index (χ4v) is 1.59. The average molecular weight is 231 g/mol. The van der Waals surface area contributed by atoms with Crippen LogP contribution in [0.3, 0.4) is 0 Å². The zero-order chi connectivity index (χ0) is 12.3. The number of nitrogens with two attached hydrogens (primary N) is 1. The predicted molar refractivity (Wildman–Crippen MR) is 68.5 cm³/mol. The van der Waals surface area contributed by atoms with Crippen molar-refractivity contribution in [2.75, 3.05) is 12.3 Å². The number of nitrogens with zero attached hydrogens (tertiary/aromatic N) is 2. The van der Waals surface area contributed by atoms with E-state index in [-0.39, 0.29) is 0 Å². The first-order valence-electron chi connectivity index (χ1n) is 5.77. The molecule has 1 aromatic heterocycles. The molecular weight excluding hydrogens is 214 g/mol. The Morgan fingerprint density at radius 2 is 2.00 bits per heavy atom. The smallest absolute Gasteiger partial charge is 0.238 e. The molecule has 1 heterocycles. The highest BCUT2D eigenvalue weighted by molar-refractivity contribution is 5.51. The maximum atomic E-state index is 6.03.